The molecule has 0 spiro atoms. The summed E-state index contributed by atoms with van der Waals surface area (Å²) in [6.07, 6.45) is 6.71. The Morgan fingerprint density at radius 1 is 1.50 bits per heavy atom. The smallest absolute Gasteiger partial charge is 0.339 e. The first-order valence-corrected chi connectivity index (χ1v) is 6.55. The third-order valence-corrected chi connectivity index (χ3v) is 4.20. The van der Waals surface area contributed by atoms with Crippen molar-refractivity contribution in [3.05, 3.63) is 30.1 Å². The van der Waals surface area contributed by atoms with Crippen LogP contribution in [0.4, 0.5) is 0 Å². The average molecular weight is 246 g/mol. The van der Waals surface area contributed by atoms with Gasteiger partial charge in [0.2, 0.25) is 0 Å². The number of hydrogen-bond donors (Lipinski definition) is 0. The number of nitrogens with zero attached hydrogens (tertiary/aromatic N) is 2. The maximum Gasteiger partial charge on any atom is 0.339 e. The standard InChI is InChI=1S/C14H18N2O2/c1-16-9-11-4-5-12(16)7-13(11)18-14(17)10-3-2-6-15-8-10/h2-3,6,8,11-13H,4-5,7,9H2,1H3/t11-,12-,13-/m0/s1. The molecule has 18 heavy (non-hydrogen) atoms. The Morgan fingerprint density at radius 2 is 2.39 bits per heavy atom. The van der Waals surface area contributed by atoms with Gasteiger partial charge in [-0.2, -0.15) is 0 Å². The normalized spacial score (nSPS) is 31.3. The molecule has 2 saturated heterocycles. The van der Waals surface area contributed by atoms with Crippen molar-refractivity contribution in [3.63, 3.8) is 0 Å². The molecule has 0 N–H and O–H groups in total. The highest BCUT2D eigenvalue weighted by Gasteiger charge is 2.40. The maximum atomic E-state index is 12.0. The summed E-state index contributed by atoms with van der Waals surface area (Å²) in [6.45, 7) is 1.05. The summed E-state index contributed by atoms with van der Waals surface area (Å²) in [6, 6.07) is 4.10. The molecule has 2 aliphatic heterocycles. The van der Waals surface area contributed by atoms with Crippen molar-refractivity contribution in [1.82, 2.24) is 9.88 Å². The molecule has 3 fully saturated rings. The molecule has 4 rings (SSSR count). The molecule has 3 atom stereocenters. The van der Waals surface area contributed by atoms with E-state index in [0.717, 1.165) is 13.0 Å². The van der Waals surface area contributed by atoms with Gasteiger partial charge < -0.3 is 9.64 Å². The van der Waals surface area contributed by atoms with Gasteiger partial charge >= 0.3 is 5.97 Å². The highest BCUT2D eigenvalue weighted by Crippen LogP contribution is 2.36. The molecule has 4 heteroatoms. The lowest BCUT2D eigenvalue weighted by Crippen LogP contribution is -2.53. The highest BCUT2D eigenvalue weighted by molar-refractivity contribution is 5.89. The first kappa shape index (κ1) is 11.7. The summed E-state index contributed by atoms with van der Waals surface area (Å²) in [7, 11) is 2.16. The Hall–Kier alpha value is -1.42. The lowest BCUT2D eigenvalue weighted by Gasteiger charge is -2.47. The van der Waals surface area contributed by atoms with E-state index in [4.69, 9.17) is 4.74 Å². The third-order valence-electron chi connectivity index (χ3n) is 4.20. The fourth-order valence-electron chi connectivity index (χ4n) is 3.13. The van der Waals surface area contributed by atoms with Crippen LogP contribution < -0.4 is 0 Å². The summed E-state index contributed by atoms with van der Waals surface area (Å²) in [5, 5.41) is 0. The molecule has 0 aromatic carbocycles. The fraction of sp³-hybridized carbons (Fsp3) is 0.571. The van der Waals surface area contributed by atoms with Gasteiger partial charge in [-0.05, 0) is 32.0 Å². The van der Waals surface area contributed by atoms with Crippen LogP contribution in [0.5, 0.6) is 0 Å². The zero-order chi connectivity index (χ0) is 12.5. The van der Waals surface area contributed by atoms with E-state index in [1.54, 1.807) is 24.5 Å². The van der Waals surface area contributed by atoms with Crippen molar-refractivity contribution < 1.29 is 9.53 Å². The number of aromatic nitrogens is 1. The van der Waals surface area contributed by atoms with Crippen LogP contribution in [0.3, 0.4) is 0 Å². The summed E-state index contributed by atoms with van der Waals surface area (Å²) in [5.74, 6) is 0.268. The van der Waals surface area contributed by atoms with Gasteiger partial charge in [-0.25, -0.2) is 4.79 Å². The highest BCUT2D eigenvalue weighted by atomic mass is 16.5. The van der Waals surface area contributed by atoms with E-state index in [9.17, 15) is 4.79 Å². The van der Waals surface area contributed by atoms with E-state index in [0.29, 0.717) is 17.5 Å². The van der Waals surface area contributed by atoms with E-state index in [1.807, 2.05) is 0 Å². The van der Waals surface area contributed by atoms with Crippen LogP contribution in [-0.2, 0) is 4.74 Å². The van der Waals surface area contributed by atoms with Crippen LogP contribution >= 0.6 is 0 Å². The number of hydrogen-bond acceptors (Lipinski definition) is 4. The van der Waals surface area contributed by atoms with Crippen molar-refractivity contribution in [3.8, 4) is 0 Å². The molecule has 3 heterocycles. The summed E-state index contributed by atoms with van der Waals surface area (Å²) >= 11 is 0. The van der Waals surface area contributed by atoms with Crippen LogP contribution in [0.25, 0.3) is 0 Å². The first-order valence-electron chi connectivity index (χ1n) is 6.55. The number of esters is 1. The second kappa shape index (κ2) is 4.69. The van der Waals surface area contributed by atoms with Gasteiger partial charge in [-0.3, -0.25) is 4.98 Å². The third kappa shape index (κ3) is 2.12. The topological polar surface area (TPSA) is 42.4 Å². The van der Waals surface area contributed by atoms with Crippen LogP contribution in [0.1, 0.15) is 29.6 Å². The first-order chi connectivity index (χ1) is 8.74. The van der Waals surface area contributed by atoms with Crippen LogP contribution in [0.2, 0.25) is 0 Å². The molecule has 1 saturated carbocycles. The van der Waals surface area contributed by atoms with Crippen LogP contribution in [0, 0.1) is 5.92 Å². The van der Waals surface area contributed by atoms with E-state index < -0.39 is 0 Å². The van der Waals surface area contributed by atoms with Gasteiger partial charge in [0.05, 0.1) is 5.56 Å². The second-order valence-electron chi connectivity index (χ2n) is 5.35. The summed E-state index contributed by atoms with van der Waals surface area (Å²) in [5.41, 5.74) is 0.548. The molecular weight excluding hydrogens is 228 g/mol. The number of carbonyl (C=O) groups is 1. The minimum Gasteiger partial charge on any atom is -0.458 e. The summed E-state index contributed by atoms with van der Waals surface area (Å²) < 4.78 is 5.65. The predicted octanol–water partition coefficient (Wildman–Crippen LogP) is 1.72. The minimum absolute atomic E-state index is 0.0904. The molecule has 4 nitrogen and oxygen atoms in total. The number of pyridine rings is 1. The monoisotopic (exact) mass is 246 g/mol. The molecular formula is C14H18N2O2. The van der Waals surface area contributed by atoms with Gasteiger partial charge in [0.1, 0.15) is 6.10 Å². The van der Waals surface area contributed by atoms with Crippen LogP contribution in [-0.4, -0.2) is 41.6 Å². The van der Waals surface area contributed by atoms with Crippen molar-refractivity contribution in [2.75, 3.05) is 13.6 Å². The fourth-order valence-corrected chi connectivity index (χ4v) is 3.13. The summed E-state index contributed by atoms with van der Waals surface area (Å²) in [4.78, 5) is 18.3. The number of carbonyl (C=O) groups excluding carboxylic acids is 1. The molecule has 0 unspecified atom stereocenters. The predicted molar refractivity (Wildman–Crippen MR) is 67.2 cm³/mol. The van der Waals surface area contributed by atoms with E-state index in [-0.39, 0.29) is 12.1 Å². The number of fused-ring (bicyclic) bond motifs is 3. The van der Waals surface area contributed by atoms with Crippen molar-refractivity contribution in [1.29, 1.82) is 0 Å². The number of piperidine rings is 2. The van der Waals surface area contributed by atoms with Crippen molar-refractivity contribution in [2.24, 2.45) is 5.92 Å². The molecule has 1 aliphatic carbocycles. The Labute approximate surface area is 107 Å². The van der Waals surface area contributed by atoms with Crippen molar-refractivity contribution in [2.45, 2.75) is 31.4 Å². The number of ether oxygens (including phenoxy) is 1. The lowest BCUT2D eigenvalue weighted by atomic mass is 9.78. The minimum atomic E-state index is -0.233. The molecule has 2 bridgehead atoms. The van der Waals surface area contributed by atoms with Gasteiger partial charge in [-0.1, -0.05) is 0 Å². The average Bonchev–Trinajstić information content (AvgIpc) is 2.41. The maximum absolute atomic E-state index is 12.0. The Kier molecular flexibility index (Phi) is 3.04. The quantitative estimate of drug-likeness (QED) is 0.745. The lowest BCUT2D eigenvalue weighted by molar-refractivity contribution is -0.0558. The Morgan fingerprint density at radius 3 is 3.00 bits per heavy atom. The van der Waals surface area contributed by atoms with Gasteiger partial charge in [0, 0.05) is 37.3 Å². The SMILES string of the molecule is CN1C[C@@H]2CC[C@H]1C[C@@H]2OC(=O)c1cccnc1. The largest absolute Gasteiger partial charge is 0.458 e. The Balaban J connectivity index is 1.66. The molecule has 96 valence electrons. The molecule has 0 radical (unpaired) electrons. The molecule has 1 aromatic rings. The molecule has 3 aliphatic rings. The van der Waals surface area contributed by atoms with E-state index in [2.05, 4.69) is 16.9 Å². The van der Waals surface area contributed by atoms with E-state index >= 15 is 0 Å². The van der Waals surface area contributed by atoms with Crippen LogP contribution in [0.15, 0.2) is 24.5 Å². The van der Waals surface area contributed by atoms with Crippen molar-refractivity contribution >= 4 is 5.97 Å². The van der Waals surface area contributed by atoms with Gasteiger partial charge in [0.15, 0.2) is 0 Å². The Bertz CT molecular complexity index is 435. The second-order valence-corrected chi connectivity index (χ2v) is 5.35. The van der Waals surface area contributed by atoms with E-state index in [1.165, 1.54) is 12.8 Å². The molecule has 1 aromatic heterocycles. The zero-order valence-electron chi connectivity index (χ0n) is 10.6. The number of rotatable bonds is 2. The van der Waals surface area contributed by atoms with Gasteiger partial charge in [-0.15, -0.1) is 0 Å². The van der Waals surface area contributed by atoms with Gasteiger partial charge in [0.25, 0.3) is 0 Å². The molecule has 0 amide bonds. The zero-order valence-corrected chi connectivity index (χ0v) is 10.6.